The summed E-state index contributed by atoms with van der Waals surface area (Å²) in [6, 6.07) is 4.09. The molecular formula is C12H18N2O. The molecule has 1 aromatic rings. The van der Waals surface area contributed by atoms with E-state index in [2.05, 4.69) is 9.88 Å². The lowest BCUT2D eigenvalue weighted by molar-refractivity contribution is -0.0986. The number of aromatic nitrogens is 1. The first kappa shape index (κ1) is 10.6. The molecule has 2 heterocycles. The van der Waals surface area contributed by atoms with E-state index in [-0.39, 0.29) is 0 Å². The van der Waals surface area contributed by atoms with Gasteiger partial charge in [0.05, 0.1) is 5.60 Å². The third-order valence-corrected chi connectivity index (χ3v) is 3.16. The molecule has 1 saturated heterocycles. The molecule has 0 radical (unpaired) electrons. The van der Waals surface area contributed by atoms with Crippen molar-refractivity contribution in [2.45, 2.75) is 25.4 Å². The molecule has 1 aromatic heterocycles. The van der Waals surface area contributed by atoms with Crippen LogP contribution in [0.4, 0.5) is 0 Å². The van der Waals surface area contributed by atoms with Gasteiger partial charge in [-0.1, -0.05) is 6.92 Å². The standard InChI is InChI=1S/C12H18N2O/c1-2-12(15)9-14(10-12)8-5-11-3-6-13-7-4-11/h3-4,6-7,15H,2,5,8-10H2,1H3. The topological polar surface area (TPSA) is 36.4 Å². The van der Waals surface area contributed by atoms with Crippen LogP contribution in [0.3, 0.4) is 0 Å². The summed E-state index contributed by atoms with van der Waals surface area (Å²) < 4.78 is 0. The summed E-state index contributed by atoms with van der Waals surface area (Å²) in [6.45, 7) is 4.73. The Morgan fingerprint density at radius 3 is 2.67 bits per heavy atom. The molecule has 0 atom stereocenters. The zero-order chi connectivity index (χ0) is 10.7. The second-order valence-electron chi connectivity index (χ2n) is 4.39. The molecule has 1 aliphatic heterocycles. The summed E-state index contributed by atoms with van der Waals surface area (Å²) in [5.74, 6) is 0. The van der Waals surface area contributed by atoms with E-state index in [0.717, 1.165) is 32.5 Å². The van der Waals surface area contributed by atoms with E-state index in [1.807, 2.05) is 31.5 Å². The van der Waals surface area contributed by atoms with Gasteiger partial charge in [0, 0.05) is 32.0 Å². The first-order valence-corrected chi connectivity index (χ1v) is 5.55. The number of likely N-dealkylation sites (tertiary alicyclic amines) is 1. The van der Waals surface area contributed by atoms with Gasteiger partial charge in [0.25, 0.3) is 0 Å². The molecule has 0 unspecified atom stereocenters. The molecule has 0 aromatic carbocycles. The van der Waals surface area contributed by atoms with Crippen LogP contribution in [0, 0.1) is 0 Å². The van der Waals surface area contributed by atoms with Gasteiger partial charge < -0.3 is 5.11 Å². The van der Waals surface area contributed by atoms with Gasteiger partial charge in [-0.25, -0.2) is 0 Å². The summed E-state index contributed by atoms with van der Waals surface area (Å²) in [7, 11) is 0. The predicted octanol–water partition coefficient (Wildman–Crippen LogP) is 1.08. The fourth-order valence-corrected chi connectivity index (χ4v) is 2.00. The van der Waals surface area contributed by atoms with Crippen molar-refractivity contribution in [3.05, 3.63) is 30.1 Å². The number of hydrogen-bond acceptors (Lipinski definition) is 3. The van der Waals surface area contributed by atoms with Crippen LogP contribution in [-0.2, 0) is 6.42 Å². The molecule has 1 fully saturated rings. The van der Waals surface area contributed by atoms with E-state index in [9.17, 15) is 5.11 Å². The maximum Gasteiger partial charge on any atom is 0.0897 e. The largest absolute Gasteiger partial charge is 0.387 e. The smallest absolute Gasteiger partial charge is 0.0897 e. The van der Waals surface area contributed by atoms with Crippen molar-refractivity contribution in [2.24, 2.45) is 0 Å². The van der Waals surface area contributed by atoms with Crippen molar-refractivity contribution in [1.29, 1.82) is 0 Å². The molecule has 82 valence electrons. The molecular weight excluding hydrogens is 188 g/mol. The summed E-state index contributed by atoms with van der Waals surface area (Å²) in [6.07, 6.45) is 5.56. The Morgan fingerprint density at radius 1 is 1.40 bits per heavy atom. The van der Waals surface area contributed by atoms with E-state index in [4.69, 9.17) is 0 Å². The SMILES string of the molecule is CCC1(O)CN(CCc2ccncc2)C1. The van der Waals surface area contributed by atoms with Gasteiger partial charge in [0.15, 0.2) is 0 Å². The van der Waals surface area contributed by atoms with Crippen LogP contribution < -0.4 is 0 Å². The highest BCUT2D eigenvalue weighted by atomic mass is 16.3. The lowest BCUT2D eigenvalue weighted by Gasteiger charge is -2.46. The zero-order valence-corrected chi connectivity index (χ0v) is 9.19. The molecule has 0 saturated carbocycles. The third kappa shape index (κ3) is 2.55. The molecule has 0 spiro atoms. The lowest BCUT2D eigenvalue weighted by Crippen LogP contribution is -2.61. The maximum atomic E-state index is 9.83. The normalized spacial score (nSPS) is 19.9. The molecule has 1 aliphatic rings. The number of aliphatic hydroxyl groups is 1. The van der Waals surface area contributed by atoms with Gasteiger partial charge in [-0.3, -0.25) is 9.88 Å². The van der Waals surface area contributed by atoms with Crippen LogP contribution in [0.2, 0.25) is 0 Å². The van der Waals surface area contributed by atoms with Gasteiger partial charge in [0.2, 0.25) is 0 Å². The Bertz CT molecular complexity index is 307. The minimum atomic E-state index is -0.405. The Balaban J connectivity index is 1.73. The fourth-order valence-electron chi connectivity index (χ4n) is 2.00. The van der Waals surface area contributed by atoms with Crippen LogP contribution in [0.5, 0.6) is 0 Å². The number of rotatable bonds is 4. The van der Waals surface area contributed by atoms with Crippen LogP contribution in [0.15, 0.2) is 24.5 Å². The summed E-state index contributed by atoms with van der Waals surface area (Å²) in [4.78, 5) is 6.28. The Hall–Kier alpha value is -0.930. The minimum Gasteiger partial charge on any atom is -0.387 e. The predicted molar refractivity (Wildman–Crippen MR) is 59.6 cm³/mol. The van der Waals surface area contributed by atoms with Crippen molar-refractivity contribution >= 4 is 0 Å². The molecule has 1 N–H and O–H groups in total. The van der Waals surface area contributed by atoms with Crippen molar-refractivity contribution in [3.63, 3.8) is 0 Å². The highest BCUT2D eigenvalue weighted by molar-refractivity contribution is 5.10. The molecule has 3 nitrogen and oxygen atoms in total. The van der Waals surface area contributed by atoms with Crippen LogP contribution >= 0.6 is 0 Å². The number of pyridine rings is 1. The summed E-state index contributed by atoms with van der Waals surface area (Å²) in [5, 5.41) is 9.83. The maximum absolute atomic E-state index is 9.83. The zero-order valence-electron chi connectivity index (χ0n) is 9.19. The highest BCUT2D eigenvalue weighted by Gasteiger charge is 2.38. The van der Waals surface area contributed by atoms with E-state index in [0.29, 0.717) is 0 Å². The Morgan fingerprint density at radius 2 is 2.07 bits per heavy atom. The lowest BCUT2D eigenvalue weighted by atomic mass is 9.91. The molecule has 0 amide bonds. The van der Waals surface area contributed by atoms with E-state index < -0.39 is 5.60 Å². The number of β-amino-alcohol motifs (C(OH)–C–C–N with tert-alkyl or cyclic N) is 1. The number of hydrogen-bond donors (Lipinski definition) is 1. The van der Waals surface area contributed by atoms with Gasteiger partial charge >= 0.3 is 0 Å². The third-order valence-electron chi connectivity index (χ3n) is 3.16. The van der Waals surface area contributed by atoms with E-state index in [1.54, 1.807) is 0 Å². The average Bonchev–Trinajstić information content (AvgIpc) is 2.24. The first-order chi connectivity index (χ1) is 7.22. The molecule has 3 heteroatoms. The van der Waals surface area contributed by atoms with E-state index in [1.165, 1.54) is 5.56 Å². The summed E-state index contributed by atoms with van der Waals surface area (Å²) in [5.41, 5.74) is 0.912. The van der Waals surface area contributed by atoms with Crippen molar-refractivity contribution in [3.8, 4) is 0 Å². The Labute approximate surface area is 90.8 Å². The van der Waals surface area contributed by atoms with Crippen molar-refractivity contribution < 1.29 is 5.11 Å². The quantitative estimate of drug-likeness (QED) is 0.801. The van der Waals surface area contributed by atoms with Gasteiger partial charge in [-0.05, 0) is 30.5 Å². The van der Waals surface area contributed by atoms with Crippen LogP contribution in [0.1, 0.15) is 18.9 Å². The monoisotopic (exact) mass is 206 g/mol. The number of nitrogens with zero attached hydrogens (tertiary/aromatic N) is 2. The van der Waals surface area contributed by atoms with Gasteiger partial charge in [0.1, 0.15) is 0 Å². The molecule has 0 bridgehead atoms. The molecule has 0 aliphatic carbocycles. The van der Waals surface area contributed by atoms with Crippen molar-refractivity contribution in [1.82, 2.24) is 9.88 Å². The van der Waals surface area contributed by atoms with E-state index >= 15 is 0 Å². The minimum absolute atomic E-state index is 0.405. The summed E-state index contributed by atoms with van der Waals surface area (Å²) >= 11 is 0. The van der Waals surface area contributed by atoms with Crippen LogP contribution in [-0.4, -0.2) is 40.2 Å². The second kappa shape index (κ2) is 4.29. The van der Waals surface area contributed by atoms with Crippen LogP contribution in [0.25, 0.3) is 0 Å². The van der Waals surface area contributed by atoms with Gasteiger partial charge in [-0.2, -0.15) is 0 Å². The Kier molecular flexibility index (Phi) is 3.03. The molecule has 15 heavy (non-hydrogen) atoms. The molecule has 2 rings (SSSR count). The average molecular weight is 206 g/mol. The first-order valence-electron chi connectivity index (χ1n) is 5.55. The van der Waals surface area contributed by atoms with Gasteiger partial charge in [-0.15, -0.1) is 0 Å². The highest BCUT2D eigenvalue weighted by Crippen LogP contribution is 2.23. The fraction of sp³-hybridized carbons (Fsp3) is 0.583. The van der Waals surface area contributed by atoms with Crippen molar-refractivity contribution in [2.75, 3.05) is 19.6 Å². The second-order valence-corrected chi connectivity index (χ2v) is 4.39.